The van der Waals surface area contributed by atoms with Gasteiger partial charge in [0.1, 0.15) is 0 Å². The van der Waals surface area contributed by atoms with Gasteiger partial charge >= 0.3 is 0 Å². The lowest BCUT2D eigenvalue weighted by Gasteiger charge is -2.37. The molecule has 1 saturated heterocycles. The van der Waals surface area contributed by atoms with E-state index in [1.807, 2.05) is 0 Å². The van der Waals surface area contributed by atoms with Crippen LogP contribution >= 0.6 is 0 Å². The molecule has 2 rings (SSSR count). The predicted octanol–water partition coefficient (Wildman–Crippen LogP) is 2.18. The van der Waals surface area contributed by atoms with Crippen LogP contribution in [0.1, 0.15) is 43.5 Å². The first-order valence-electron chi connectivity index (χ1n) is 9.28. The fourth-order valence-corrected chi connectivity index (χ4v) is 4.23. The second kappa shape index (κ2) is 8.97. The van der Waals surface area contributed by atoms with Crippen molar-refractivity contribution in [3.8, 4) is 0 Å². The van der Waals surface area contributed by atoms with E-state index in [0.717, 1.165) is 17.4 Å². The van der Waals surface area contributed by atoms with E-state index in [-0.39, 0.29) is 10.8 Å². The Kier molecular flexibility index (Phi) is 7.20. The fourth-order valence-electron chi connectivity index (χ4n) is 3.32. The van der Waals surface area contributed by atoms with Crippen molar-refractivity contribution in [2.24, 2.45) is 5.92 Å². The highest BCUT2D eigenvalue weighted by Crippen LogP contribution is 2.18. The Labute approximate surface area is 157 Å². The number of sulfonamides is 1. The molecular weight excluding hydrogens is 350 g/mol. The molecule has 26 heavy (non-hydrogen) atoms. The van der Waals surface area contributed by atoms with E-state index in [2.05, 4.69) is 24.1 Å². The van der Waals surface area contributed by atoms with Crippen molar-refractivity contribution in [3.63, 3.8) is 0 Å². The van der Waals surface area contributed by atoms with E-state index in [1.165, 1.54) is 45.5 Å². The van der Waals surface area contributed by atoms with Crippen molar-refractivity contribution >= 4 is 15.9 Å². The first-order valence-corrected chi connectivity index (χ1v) is 10.7. The molecule has 0 aromatic heterocycles. The van der Waals surface area contributed by atoms with Crippen LogP contribution in [0.2, 0.25) is 0 Å². The third kappa shape index (κ3) is 5.05. The van der Waals surface area contributed by atoms with Crippen LogP contribution in [0.3, 0.4) is 0 Å². The molecule has 0 bridgehead atoms. The minimum atomic E-state index is -3.48. The average Bonchev–Trinajstić information content (AvgIpc) is 2.62. The van der Waals surface area contributed by atoms with Gasteiger partial charge in [-0.2, -0.15) is 0 Å². The molecular formula is C19H31N3O3S. The molecule has 0 spiro atoms. The van der Waals surface area contributed by atoms with Crippen molar-refractivity contribution in [1.29, 1.82) is 0 Å². The summed E-state index contributed by atoms with van der Waals surface area (Å²) in [5.74, 6) is 0.294. The average molecular weight is 382 g/mol. The van der Waals surface area contributed by atoms with Gasteiger partial charge in [-0.1, -0.05) is 20.3 Å². The lowest BCUT2D eigenvalue weighted by molar-refractivity contribution is 0.0895. The third-order valence-corrected chi connectivity index (χ3v) is 6.83. The molecule has 0 radical (unpaired) electrons. The Hall–Kier alpha value is -1.44. The topological polar surface area (TPSA) is 69.7 Å². The van der Waals surface area contributed by atoms with E-state index in [0.29, 0.717) is 24.1 Å². The maximum absolute atomic E-state index is 12.5. The van der Waals surface area contributed by atoms with Crippen molar-refractivity contribution in [2.75, 3.05) is 33.7 Å². The Morgan fingerprint density at radius 2 is 1.69 bits per heavy atom. The van der Waals surface area contributed by atoms with Crippen LogP contribution in [0.4, 0.5) is 0 Å². The maximum atomic E-state index is 12.5. The summed E-state index contributed by atoms with van der Waals surface area (Å²) in [6, 6.07) is 6.42. The number of carbonyl (C=O) groups excluding carboxylic acids is 1. The number of hydrogen-bond acceptors (Lipinski definition) is 4. The molecule has 1 heterocycles. The van der Waals surface area contributed by atoms with Crippen molar-refractivity contribution in [1.82, 2.24) is 14.5 Å². The number of rotatable bonds is 7. The first-order chi connectivity index (χ1) is 12.2. The second-order valence-electron chi connectivity index (χ2n) is 7.43. The zero-order valence-corrected chi connectivity index (χ0v) is 17.1. The monoisotopic (exact) mass is 381 g/mol. The van der Waals surface area contributed by atoms with Crippen LogP contribution in [0, 0.1) is 5.92 Å². The van der Waals surface area contributed by atoms with Crippen LogP contribution in [0.25, 0.3) is 0 Å². The van der Waals surface area contributed by atoms with Crippen LogP contribution in [-0.2, 0) is 10.0 Å². The standard InChI is InChI=1S/C19H31N3O3S/c1-15(2)18(22-12-6-5-7-13-22)14-20-19(23)16-8-10-17(11-9-16)26(24,25)21(3)4/h8-11,15,18H,5-7,12-14H2,1-4H3,(H,20,23). The molecule has 7 heteroatoms. The van der Waals surface area contributed by atoms with Gasteiger partial charge in [-0.15, -0.1) is 0 Å². The molecule has 1 aromatic carbocycles. The number of benzene rings is 1. The van der Waals surface area contributed by atoms with Crippen LogP contribution < -0.4 is 5.32 Å². The number of hydrogen-bond donors (Lipinski definition) is 1. The van der Waals surface area contributed by atoms with E-state index in [4.69, 9.17) is 0 Å². The molecule has 1 aliphatic heterocycles. The van der Waals surface area contributed by atoms with E-state index >= 15 is 0 Å². The van der Waals surface area contributed by atoms with Gasteiger partial charge < -0.3 is 5.32 Å². The second-order valence-corrected chi connectivity index (χ2v) is 9.58. The summed E-state index contributed by atoms with van der Waals surface area (Å²) in [6.45, 7) is 7.17. The lowest BCUT2D eigenvalue weighted by atomic mass is 9.99. The summed E-state index contributed by atoms with van der Waals surface area (Å²) in [5, 5.41) is 3.02. The Morgan fingerprint density at radius 3 is 2.19 bits per heavy atom. The van der Waals surface area contributed by atoms with Crippen molar-refractivity contribution < 1.29 is 13.2 Å². The highest BCUT2D eigenvalue weighted by molar-refractivity contribution is 7.89. The van der Waals surface area contributed by atoms with Gasteiger partial charge in [0.25, 0.3) is 5.91 Å². The van der Waals surface area contributed by atoms with Gasteiger partial charge in [-0.05, 0) is 56.1 Å². The van der Waals surface area contributed by atoms with Crippen LogP contribution in [0.5, 0.6) is 0 Å². The summed E-state index contributed by atoms with van der Waals surface area (Å²) in [5.41, 5.74) is 0.476. The first kappa shape index (κ1) is 20.9. The quantitative estimate of drug-likeness (QED) is 0.786. The number of carbonyl (C=O) groups is 1. The molecule has 1 fully saturated rings. The molecule has 1 N–H and O–H groups in total. The van der Waals surface area contributed by atoms with Gasteiger partial charge in [-0.25, -0.2) is 12.7 Å². The van der Waals surface area contributed by atoms with E-state index in [9.17, 15) is 13.2 Å². The number of piperidine rings is 1. The predicted molar refractivity (Wildman–Crippen MR) is 104 cm³/mol. The Balaban J connectivity index is 2.00. The van der Waals surface area contributed by atoms with Crippen LogP contribution in [-0.4, -0.2) is 63.3 Å². The Morgan fingerprint density at radius 1 is 1.12 bits per heavy atom. The van der Waals surface area contributed by atoms with Gasteiger partial charge in [0.2, 0.25) is 10.0 Å². The normalized spacial score (nSPS) is 17.5. The number of amides is 1. The fraction of sp³-hybridized carbons (Fsp3) is 0.632. The molecule has 6 nitrogen and oxygen atoms in total. The largest absolute Gasteiger partial charge is 0.350 e. The van der Waals surface area contributed by atoms with Gasteiger partial charge in [0.05, 0.1) is 4.90 Å². The number of nitrogens with zero attached hydrogens (tertiary/aromatic N) is 2. The summed E-state index contributed by atoms with van der Waals surface area (Å²) < 4.78 is 25.4. The SMILES string of the molecule is CC(C)C(CNC(=O)c1ccc(S(=O)(=O)N(C)C)cc1)N1CCCCC1. The number of nitrogens with one attached hydrogen (secondary N) is 1. The van der Waals surface area contributed by atoms with E-state index < -0.39 is 10.0 Å². The summed E-state index contributed by atoms with van der Waals surface area (Å²) in [7, 11) is -0.498. The minimum Gasteiger partial charge on any atom is -0.350 e. The highest BCUT2D eigenvalue weighted by atomic mass is 32.2. The van der Waals surface area contributed by atoms with Gasteiger partial charge in [0, 0.05) is 32.2 Å². The molecule has 1 atom stereocenters. The molecule has 1 aromatic rings. The summed E-state index contributed by atoms with van der Waals surface area (Å²) >= 11 is 0. The summed E-state index contributed by atoms with van der Waals surface area (Å²) in [4.78, 5) is 15.1. The minimum absolute atomic E-state index is 0.165. The van der Waals surface area contributed by atoms with Gasteiger partial charge in [-0.3, -0.25) is 9.69 Å². The highest BCUT2D eigenvalue weighted by Gasteiger charge is 2.24. The summed E-state index contributed by atoms with van der Waals surface area (Å²) in [6.07, 6.45) is 3.73. The molecule has 1 amide bonds. The van der Waals surface area contributed by atoms with Crippen molar-refractivity contribution in [3.05, 3.63) is 29.8 Å². The molecule has 0 aliphatic carbocycles. The van der Waals surface area contributed by atoms with Crippen LogP contribution in [0.15, 0.2) is 29.2 Å². The maximum Gasteiger partial charge on any atom is 0.251 e. The lowest BCUT2D eigenvalue weighted by Crippen LogP contribution is -2.48. The molecule has 146 valence electrons. The third-order valence-electron chi connectivity index (χ3n) is 5.00. The molecule has 1 unspecified atom stereocenters. The molecule has 0 saturated carbocycles. The zero-order chi connectivity index (χ0) is 19.3. The number of likely N-dealkylation sites (tertiary alicyclic amines) is 1. The molecule has 1 aliphatic rings. The Bertz CT molecular complexity index is 693. The zero-order valence-electron chi connectivity index (χ0n) is 16.2. The van der Waals surface area contributed by atoms with E-state index in [1.54, 1.807) is 12.1 Å². The van der Waals surface area contributed by atoms with Crippen molar-refractivity contribution in [2.45, 2.75) is 44.0 Å². The smallest absolute Gasteiger partial charge is 0.251 e. The van der Waals surface area contributed by atoms with Gasteiger partial charge in [0.15, 0.2) is 0 Å².